The molecule has 0 spiro atoms. The largest absolute Gasteiger partial charge is 0.353 e. The molecule has 1 saturated heterocycles. The van der Waals surface area contributed by atoms with Crippen LogP contribution in [0.3, 0.4) is 0 Å². The summed E-state index contributed by atoms with van der Waals surface area (Å²) in [5, 5.41) is 10.7. The van der Waals surface area contributed by atoms with Crippen molar-refractivity contribution < 1.29 is 0 Å². The third-order valence-corrected chi connectivity index (χ3v) is 3.73. The molecular formula is C12H12BrN3. The van der Waals surface area contributed by atoms with Gasteiger partial charge in [0.15, 0.2) is 5.82 Å². The Balaban J connectivity index is 2.09. The van der Waals surface area contributed by atoms with Crippen molar-refractivity contribution >= 4 is 32.5 Å². The molecule has 0 bridgehead atoms. The molecule has 3 rings (SSSR count). The minimum absolute atomic E-state index is 0.577. The zero-order valence-corrected chi connectivity index (χ0v) is 10.4. The van der Waals surface area contributed by atoms with Gasteiger partial charge >= 0.3 is 0 Å². The van der Waals surface area contributed by atoms with Crippen LogP contribution in [0.4, 0.5) is 5.82 Å². The van der Waals surface area contributed by atoms with E-state index in [1.165, 1.54) is 11.8 Å². The molecule has 1 aromatic heterocycles. The van der Waals surface area contributed by atoms with Gasteiger partial charge in [-0.1, -0.05) is 40.2 Å². The molecule has 3 nitrogen and oxygen atoms in total. The summed E-state index contributed by atoms with van der Waals surface area (Å²) in [5.41, 5.74) is 0. The predicted molar refractivity (Wildman–Crippen MR) is 69.1 cm³/mol. The van der Waals surface area contributed by atoms with Crippen LogP contribution in [0.1, 0.15) is 6.42 Å². The van der Waals surface area contributed by atoms with Crippen molar-refractivity contribution in [1.82, 2.24) is 10.2 Å². The lowest BCUT2D eigenvalue weighted by molar-refractivity contribution is 0.906. The summed E-state index contributed by atoms with van der Waals surface area (Å²) in [6.45, 7) is 2.07. The van der Waals surface area contributed by atoms with E-state index >= 15 is 0 Å². The molecule has 0 radical (unpaired) electrons. The Bertz CT molecular complexity index is 509. The van der Waals surface area contributed by atoms with E-state index in [1.807, 2.05) is 12.3 Å². The summed E-state index contributed by atoms with van der Waals surface area (Å²) in [6, 6.07) is 8.27. The van der Waals surface area contributed by atoms with E-state index in [0.717, 1.165) is 24.3 Å². The first-order valence-electron chi connectivity index (χ1n) is 5.44. The van der Waals surface area contributed by atoms with E-state index in [0.29, 0.717) is 4.83 Å². The number of hydrogen-bond acceptors (Lipinski definition) is 3. The van der Waals surface area contributed by atoms with Gasteiger partial charge in [0.25, 0.3) is 0 Å². The molecule has 2 heterocycles. The molecule has 0 amide bonds. The Hall–Kier alpha value is -1.16. The Morgan fingerprint density at radius 2 is 2.19 bits per heavy atom. The van der Waals surface area contributed by atoms with E-state index in [9.17, 15) is 0 Å². The van der Waals surface area contributed by atoms with Crippen molar-refractivity contribution in [3.05, 3.63) is 30.5 Å². The fourth-order valence-electron chi connectivity index (χ4n) is 2.16. The Kier molecular flexibility index (Phi) is 2.52. The van der Waals surface area contributed by atoms with Crippen LogP contribution in [0.5, 0.6) is 0 Å². The molecule has 1 aromatic carbocycles. The van der Waals surface area contributed by atoms with Crippen molar-refractivity contribution in [3.8, 4) is 0 Å². The van der Waals surface area contributed by atoms with E-state index < -0.39 is 0 Å². The van der Waals surface area contributed by atoms with Crippen LogP contribution in [0.15, 0.2) is 30.5 Å². The zero-order chi connectivity index (χ0) is 11.0. The second kappa shape index (κ2) is 4.01. The average molecular weight is 278 g/mol. The van der Waals surface area contributed by atoms with Gasteiger partial charge in [0.2, 0.25) is 0 Å². The maximum atomic E-state index is 4.28. The van der Waals surface area contributed by atoms with Gasteiger partial charge in [0, 0.05) is 28.7 Å². The summed E-state index contributed by atoms with van der Waals surface area (Å²) < 4.78 is 0. The standard InChI is InChI=1S/C12H12BrN3/c13-10-5-6-16(8-10)12-11-4-2-1-3-9(11)7-14-15-12/h1-4,7,10H,5-6,8H2. The number of alkyl halides is 1. The Morgan fingerprint density at radius 1 is 1.31 bits per heavy atom. The van der Waals surface area contributed by atoms with Gasteiger partial charge in [-0.25, -0.2) is 0 Å². The van der Waals surface area contributed by atoms with Crippen LogP contribution in [0, 0.1) is 0 Å². The van der Waals surface area contributed by atoms with Crippen LogP contribution in [-0.4, -0.2) is 28.1 Å². The molecule has 4 heteroatoms. The monoisotopic (exact) mass is 277 g/mol. The van der Waals surface area contributed by atoms with Gasteiger partial charge < -0.3 is 4.90 Å². The molecule has 0 aliphatic carbocycles. The zero-order valence-electron chi connectivity index (χ0n) is 8.81. The van der Waals surface area contributed by atoms with Crippen molar-refractivity contribution in [1.29, 1.82) is 0 Å². The second-order valence-electron chi connectivity index (χ2n) is 4.09. The SMILES string of the molecule is BrC1CCN(c2nncc3ccccc23)C1. The van der Waals surface area contributed by atoms with Crippen LogP contribution >= 0.6 is 15.9 Å². The van der Waals surface area contributed by atoms with E-state index in [1.54, 1.807) is 0 Å². The third-order valence-electron chi connectivity index (χ3n) is 2.98. The maximum absolute atomic E-state index is 4.28. The first-order valence-corrected chi connectivity index (χ1v) is 6.35. The molecule has 2 aromatic rings. The Morgan fingerprint density at radius 3 is 3.00 bits per heavy atom. The average Bonchev–Trinajstić information content (AvgIpc) is 2.75. The number of anilines is 1. The quantitative estimate of drug-likeness (QED) is 0.751. The van der Waals surface area contributed by atoms with E-state index in [2.05, 4.69) is 49.2 Å². The van der Waals surface area contributed by atoms with Crippen LogP contribution in [-0.2, 0) is 0 Å². The fraction of sp³-hybridized carbons (Fsp3) is 0.333. The summed E-state index contributed by atoms with van der Waals surface area (Å²) >= 11 is 3.65. The van der Waals surface area contributed by atoms with Crippen LogP contribution < -0.4 is 4.90 Å². The van der Waals surface area contributed by atoms with Gasteiger partial charge in [-0.15, -0.1) is 5.10 Å². The maximum Gasteiger partial charge on any atom is 0.159 e. The van der Waals surface area contributed by atoms with Crippen LogP contribution in [0.2, 0.25) is 0 Å². The second-order valence-corrected chi connectivity index (χ2v) is 5.38. The highest BCUT2D eigenvalue weighted by Gasteiger charge is 2.22. The number of rotatable bonds is 1. The molecule has 82 valence electrons. The molecule has 1 aliphatic rings. The fourth-order valence-corrected chi connectivity index (χ4v) is 2.71. The molecule has 16 heavy (non-hydrogen) atoms. The molecule has 1 fully saturated rings. The number of aromatic nitrogens is 2. The van der Waals surface area contributed by atoms with Crippen molar-refractivity contribution in [3.63, 3.8) is 0 Å². The van der Waals surface area contributed by atoms with Crippen molar-refractivity contribution in [2.24, 2.45) is 0 Å². The van der Waals surface area contributed by atoms with Gasteiger partial charge in [0.05, 0.1) is 6.20 Å². The number of benzene rings is 1. The molecule has 0 saturated carbocycles. The smallest absolute Gasteiger partial charge is 0.159 e. The van der Waals surface area contributed by atoms with Crippen molar-refractivity contribution in [2.75, 3.05) is 18.0 Å². The molecule has 1 unspecified atom stereocenters. The Labute approximate surface area is 103 Å². The van der Waals surface area contributed by atoms with Gasteiger partial charge in [0.1, 0.15) is 0 Å². The summed E-state index contributed by atoms with van der Waals surface area (Å²) in [7, 11) is 0. The van der Waals surface area contributed by atoms with E-state index in [-0.39, 0.29) is 0 Å². The topological polar surface area (TPSA) is 29.0 Å². The highest BCUT2D eigenvalue weighted by molar-refractivity contribution is 9.09. The normalized spacial score (nSPS) is 20.6. The summed E-state index contributed by atoms with van der Waals surface area (Å²) in [6.07, 6.45) is 2.99. The molecule has 0 N–H and O–H groups in total. The highest BCUT2D eigenvalue weighted by Crippen LogP contribution is 2.27. The van der Waals surface area contributed by atoms with Gasteiger partial charge in [-0.2, -0.15) is 5.10 Å². The third kappa shape index (κ3) is 1.67. The lowest BCUT2D eigenvalue weighted by Crippen LogP contribution is -2.21. The number of nitrogens with zero attached hydrogens (tertiary/aromatic N) is 3. The van der Waals surface area contributed by atoms with Gasteiger partial charge in [-0.05, 0) is 6.42 Å². The van der Waals surface area contributed by atoms with E-state index in [4.69, 9.17) is 0 Å². The first-order chi connectivity index (χ1) is 7.84. The lowest BCUT2D eigenvalue weighted by atomic mass is 10.2. The minimum atomic E-state index is 0.577. The molecule has 1 aliphatic heterocycles. The number of fused-ring (bicyclic) bond motifs is 1. The summed E-state index contributed by atoms with van der Waals surface area (Å²) in [5.74, 6) is 1.01. The highest BCUT2D eigenvalue weighted by atomic mass is 79.9. The van der Waals surface area contributed by atoms with Crippen molar-refractivity contribution in [2.45, 2.75) is 11.2 Å². The van der Waals surface area contributed by atoms with Crippen LogP contribution in [0.25, 0.3) is 10.8 Å². The minimum Gasteiger partial charge on any atom is -0.353 e. The predicted octanol–water partition coefficient (Wildman–Crippen LogP) is 2.60. The molecule has 1 atom stereocenters. The number of halogens is 1. The molecular weight excluding hydrogens is 266 g/mol. The lowest BCUT2D eigenvalue weighted by Gasteiger charge is -2.17. The summed E-state index contributed by atoms with van der Waals surface area (Å²) in [4.78, 5) is 2.88. The van der Waals surface area contributed by atoms with Gasteiger partial charge in [-0.3, -0.25) is 0 Å². The number of hydrogen-bond donors (Lipinski definition) is 0. The first kappa shape index (κ1) is 10.0.